The van der Waals surface area contributed by atoms with Crippen molar-refractivity contribution < 1.29 is 22.7 Å². The number of para-hydroxylation sites is 1. The van der Waals surface area contributed by atoms with E-state index in [1.807, 2.05) is 13.0 Å². The molecule has 144 valence electrons. The number of nitrogens with zero attached hydrogens (tertiary/aromatic N) is 1. The lowest BCUT2D eigenvalue weighted by atomic mass is 10.2. The molecule has 7 nitrogen and oxygen atoms in total. The highest BCUT2D eigenvalue weighted by molar-refractivity contribution is 7.92. The SMILES string of the molecule is CCOC(=O)c1ccccc1NC(=O)CN(c1cccc(C)c1)S(C)(=O)=O. The van der Waals surface area contributed by atoms with E-state index >= 15 is 0 Å². The normalized spacial score (nSPS) is 10.9. The van der Waals surface area contributed by atoms with Crippen LogP contribution >= 0.6 is 0 Å². The summed E-state index contributed by atoms with van der Waals surface area (Å²) in [6, 6.07) is 13.2. The van der Waals surface area contributed by atoms with Gasteiger partial charge >= 0.3 is 5.97 Å². The van der Waals surface area contributed by atoms with Crippen LogP contribution in [0.15, 0.2) is 48.5 Å². The highest BCUT2D eigenvalue weighted by atomic mass is 32.2. The predicted octanol–water partition coefficient (Wildman–Crippen LogP) is 2.58. The Labute approximate surface area is 159 Å². The lowest BCUT2D eigenvalue weighted by Gasteiger charge is -2.22. The average Bonchev–Trinajstić information content (AvgIpc) is 2.59. The smallest absolute Gasteiger partial charge is 0.340 e. The number of amides is 1. The van der Waals surface area contributed by atoms with Crippen LogP contribution in [0.4, 0.5) is 11.4 Å². The molecule has 0 atom stereocenters. The van der Waals surface area contributed by atoms with E-state index in [9.17, 15) is 18.0 Å². The quantitative estimate of drug-likeness (QED) is 0.734. The van der Waals surface area contributed by atoms with Crippen LogP contribution < -0.4 is 9.62 Å². The Morgan fingerprint density at radius 3 is 2.44 bits per heavy atom. The molecule has 0 spiro atoms. The Hall–Kier alpha value is -2.87. The number of rotatable bonds is 7. The molecule has 0 aliphatic rings. The number of nitrogens with one attached hydrogen (secondary N) is 1. The molecule has 2 rings (SSSR count). The first-order valence-corrected chi connectivity index (χ1v) is 10.2. The van der Waals surface area contributed by atoms with Gasteiger partial charge in [0.05, 0.1) is 29.8 Å². The molecular formula is C19H22N2O5S. The molecule has 1 amide bonds. The summed E-state index contributed by atoms with van der Waals surface area (Å²) in [6.45, 7) is 3.31. The van der Waals surface area contributed by atoms with Gasteiger partial charge in [-0.05, 0) is 43.7 Å². The maximum atomic E-state index is 12.5. The average molecular weight is 390 g/mol. The van der Waals surface area contributed by atoms with Gasteiger partial charge in [0.15, 0.2) is 0 Å². The Bertz CT molecular complexity index is 941. The fraction of sp³-hybridized carbons (Fsp3) is 0.263. The molecular weight excluding hydrogens is 368 g/mol. The molecule has 27 heavy (non-hydrogen) atoms. The summed E-state index contributed by atoms with van der Waals surface area (Å²) in [5.74, 6) is -1.13. The summed E-state index contributed by atoms with van der Waals surface area (Å²) in [5, 5.41) is 2.59. The topological polar surface area (TPSA) is 92.8 Å². The number of aryl methyl sites for hydroxylation is 1. The van der Waals surface area contributed by atoms with Crippen LogP contribution in [0.1, 0.15) is 22.8 Å². The maximum Gasteiger partial charge on any atom is 0.340 e. The van der Waals surface area contributed by atoms with Gasteiger partial charge in [-0.3, -0.25) is 9.10 Å². The van der Waals surface area contributed by atoms with E-state index in [1.54, 1.807) is 43.3 Å². The van der Waals surface area contributed by atoms with Gasteiger partial charge in [0.25, 0.3) is 0 Å². The summed E-state index contributed by atoms with van der Waals surface area (Å²) in [7, 11) is -3.68. The van der Waals surface area contributed by atoms with Crippen molar-refractivity contribution in [3.8, 4) is 0 Å². The Morgan fingerprint density at radius 2 is 1.81 bits per heavy atom. The van der Waals surface area contributed by atoms with Gasteiger partial charge in [0.2, 0.25) is 15.9 Å². The van der Waals surface area contributed by atoms with Crippen LogP contribution in [-0.4, -0.2) is 39.7 Å². The summed E-state index contributed by atoms with van der Waals surface area (Å²) >= 11 is 0. The molecule has 8 heteroatoms. The van der Waals surface area contributed by atoms with Crippen LogP contribution in [0.25, 0.3) is 0 Å². The van der Waals surface area contributed by atoms with Gasteiger partial charge in [0, 0.05) is 0 Å². The first kappa shape index (κ1) is 20.4. The lowest BCUT2D eigenvalue weighted by molar-refractivity contribution is -0.114. The van der Waals surface area contributed by atoms with Crippen molar-refractivity contribution in [2.24, 2.45) is 0 Å². The van der Waals surface area contributed by atoms with Gasteiger partial charge in [-0.1, -0.05) is 24.3 Å². The van der Waals surface area contributed by atoms with Gasteiger partial charge in [-0.2, -0.15) is 0 Å². The third-order valence-corrected chi connectivity index (χ3v) is 4.81. The van der Waals surface area contributed by atoms with Crippen LogP contribution in [0.3, 0.4) is 0 Å². The summed E-state index contributed by atoms with van der Waals surface area (Å²) in [4.78, 5) is 24.5. The van der Waals surface area contributed by atoms with Gasteiger partial charge in [-0.25, -0.2) is 13.2 Å². The molecule has 0 aliphatic carbocycles. The third kappa shape index (κ3) is 5.55. The fourth-order valence-corrected chi connectivity index (χ4v) is 3.33. The molecule has 0 aliphatic heterocycles. The summed E-state index contributed by atoms with van der Waals surface area (Å²) in [5.41, 5.74) is 1.73. The van der Waals surface area contributed by atoms with E-state index < -0.39 is 28.4 Å². The summed E-state index contributed by atoms with van der Waals surface area (Å²) in [6.07, 6.45) is 1.04. The second-order valence-corrected chi connectivity index (χ2v) is 7.83. The third-order valence-electron chi connectivity index (χ3n) is 3.67. The molecule has 1 N–H and O–H groups in total. The number of anilines is 2. The highest BCUT2D eigenvalue weighted by Crippen LogP contribution is 2.20. The number of carbonyl (C=O) groups excluding carboxylic acids is 2. The fourth-order valence-electron chi connectivity index (χ4n) is 2.48. The zero-order valence-corrected chi connectivity index (χ0v) is 16.2. The number of esters is 1. The van der Waals surface area contributed by atoms with Crippen LogP contribution in [0.2, 0.25) is 0 Å². The van der Waals surface area contributed by atoms with Crippen molar-refractivity contribution in [2.45, 2.75) is 13.8 Å². The van der Waals surface area contributed by atoms with Crippen LogP contribution in [0, 0.1) is 6.92 Å². The number of carbonyl (C=O) groups is 2. The second kappa shape index (κ2) is 8.68. The predicted molar refractivity (Wildman–Crippen MR) is 104 cm³/mol. The van der Waals surface area contributed by atoms with Crippen molar-refractivity contribution in [3.63, 3.8) is 0 Å². The van der Waals surface area contributed by atoms with Crippen LogP contribution in [0.5, 0.6) is 0 Å². The Kier molecular flexibility index (Phi) is 6.57. The molecule has 0 heterocycles. The second-order valence-electron chi connectivity index (χ2n) is 5.92. The minimum atomic E-state index is -3.68. The van der Waals surface area contributed by atoms with Crippen molar-refractivity contribution in [3.05, 3.63) is 59.7 Å². The maximum absolute atomic E-state index is 12.5. The van der Waals surface area contributed by atoms with Gasteiger partial charge in [-0.15, -0.1) is 0 Å². The summed E-state index contributed by atoms with van der Waals surface area (Å²) < 4.78 is 30.3. The zero-order chi connectivity index (χ0) is 20.0. The molecule has 0 saturated carbocycles. The number of hydrogen-bond acceptors (Lipinski definition) is 5. The van der Waals surface area contributed by atoms with E-state index in [-0.39, 0.29) is 17.9 Å². The molecule has 0 bridgehead atoms. The zero-order valence-electron chi connectivity index (χ0n) is 15.4. The minimum absolute atomic E-state index is 0.203. The minimum Gasteiger partial charge on any atom is -0.462 e. The van der Waals surface area contributed by atoms with E-state index in [2.05, 4.69) is 5.32 Å². The van der Waals surface area contributed by atoms with Gasteiger partial charge in [0.1, 0.15) is 6.54 Å². The number of sulfonamides is 1. The van der Waals surface area contributed by atoms with Gasteiger partial charge < -0.3 is 10.1 Å². The molecule has 2 aromatic rings. The molecule has 0 radical (unpaired) electrons. The molecule has 0 saturated heterocycles. The highest BCUT2D eigenvalue weighted by Gasteiger charge is 2.22. The Morgan fingerprint density at radius 1 is 1.11 bits per heavy atom. The first-order valence-electron chi connectivity index (χ1n) is 8.32. The lowest BCUT2D eigenvalue weighted by Crippen LogP contribution is -2.37. The number of ether oxygens (including phenoxy) is 1. The number of benzene rings is 2. The van der Waals surface area contributed by atoms with E-state index in [1.165, 1.54) is 6.07 Å². The van der Waals surface area contributed by atoms with Crippen molar-refractivity contribution >= 4 is 33.3 Å². The molecule has 0 aromatic heterocycles. The first-order chi connectivity index (χ1) is 12.7. The number of hydrogen-bond donors (Lipinski definition) is 1. The van der Waals surface area contributed by atoms with Crippen molar-refractivity contribution in [1.29, 1.82) is 0 Å². The monoisotopic (exact) mass is 390 g/mol. The molecule has 0 fully saturated rings. The van der Waals surface area contributed by atoms with Crippen molar-refractivity contribution in [2.75, 3.05) is 29.0 Å². The standard InChI is InChI=1S/C19H22N2O5S/c1-4-26-19(23)16-10-5-6-11-17(16)20-18(22)13-21(27(3,24)25)15-9-7-8-14(2)12-15/h5-12H,4,13H2,1-3H3,(H,20,22). The van der Waals surface area contributed by atoms with Crippen LogP contribution in [-0.2, 0) is 19.6 Å². The Balaban J connectivity index is 2.24. The molecule has 2 aromatic carbocycles. The van der Waals surface area contributed by atoms with E-state index in [4.69, 9.17) is 4.74 Å². The van der Waals surface area contributed by atoms with E-state index in [0.29, 0.717) is 5.69 Å². The molecule has 0 unspecified atom stereocenters. The van der Waals surface area contributed by atoms with E-state index in [0.717, 1.165) is 16.1 Å². The largest absolute Gasteiger partial charge is 0.462 e. The van der Waals surface area contributed by atoms with Crippen molar-refractivity contribution in [1.82, 2.24) is 0 Å².